The number of hydrogen-bond acceptors (Lipinski definition) is 5. The number of nitrogens with two attached hydrogens (primary N) is 1. The first-order chi connectivity index (χ1) is 14.3. The fraction of sp³-hybridized carbons (Fsp3) is 0.190. The normalized spacial score (nSPS) is 10.9. The molecular formula is C21H19F2N3O3S. The zero-order valence-corrected chi connectivity index (χ0v) is 16.9. The van der Waals surface area contributed by atoms with E-state index in [0.29, 0.717) is 6.07 Å². The lowest BCUT2D eigenvalue weighted by Gasteiger charge is -2.15. The van der Waals surface area contributed by atoms with Gasteiger partial charge in [0.15, 0.2) is 5.78 Å². The van der Waals surface area contributed by atoms with Crippen molar-refractivity contribution in [1.82, 2.24) is 9.13 Å². The van der Waals surface area contributed by atoms with Crippen molar-refractivity contribution in [2.75, 3.05) is 11.5 Å². The first-order valence-electron chi connectivity index (χ1n) is 9.11. The molecule has 0 aliphatic rings. The van der Waals surface area contributed by atoms with Crippen LogP contribution in [0.4, 0.5) is 14.6 Å². The average Bonchev–Trinajstić information content (AvgIpc) is 2.71. The molecule has 0 aliphatic carbocycles. The van der Waals surface area contributed by atoms with Crippen molar-refractivity contribution in [2.45, 2.75) is 24.9 Å². The summed E-state index contributed by atoms with van der Waals surface area (Å²) in [6.45, 7) is 1.77. The van der Waals surface area contributed by atoms with Crippen molar-refractivity contribution in [3.8, 4) is 0 Å². The lowest BCUT2D eigenvalue weighted by molar-refractivity contribution is 0.102. The second-order valence-corrected chi connectivity index (χ2v) is 7.47. The molecule has 0 aliphatic heterocycles. The van der Waals surface area contributed by atoms with Gasteiger partial charge in [-0.2, -0.15) is 0 Å². The summed E-state index contributed by atoms with van der Waals surface area (Å²) in [5, 5.41) is 0. The summed E-state index contributed by atoms with van der Waals surface area (Å²) >= 11 is 0.821. The molecule has 0 saturated heterocycles. The highest BCUT2D eigenvalue weighted by molar-refractivity contribution is 8.00. The van der Waals surface area contributed by atoms with Crippen molar-refractivity contribution in [1.29, 1.82) is 0 Å². The number of rotatable bonds is 7. The predicted molar refractivity (Wildman–Crippen MR) is 112 cm³/mol. The van der Waals surface area contributed by atoms with Crippen LogP contribution < -0.4 is 17.0 Å². The summed E-state index contributed by atoms with van der Waals surface area (Å²) in [4.78, 5) is 38.3. The number of benzene rings is 2. The fourth-order valence-electron chi connectivity index (χ4n) is 2.98. The molecule has 3 rings (SSSR count). The largest absolute Gasteiger partial charge is 0.384 e. The molecular weight excluding hydrogens is 412 g/mol. The van der Waals surface area contributed by atoms with Crippen LogP contribution in [0.3, 0.4) is 0 Å². The molecule has 1 aromatic heterocycles. The number of carbonyl (C=O) groups is 1. The van der Waals surface area contributed by atoms with Crippen LogP contribution in [0.2, 0.25) is 0 Å². The number of nitrogens with zero attached hydrogens (tertiary/aromatic N) is 2. The van der Waals surface area contributed by atoms with Gasteiger partial charge in [0.1, 0.15) is 23.0 Å². The maximum absolute atomic E-state index is 13.8. The summed E-state index contributed by atoms with van der Waals surface area (Å²) in [5.41, 5.74) is 5.13. The molecule has 0 atom stereocenters. The summed E-state index contributed by atoms with van der Waals surface area (Å²) in [5.74, 6) is -2.71. The third-order valence-corrected chi connectivity index (χ3v) is 5.55. The van der Waals surface area contributed by atoms with Crippen LogP contribution in [0.15, 0.2) is 63.0 Å². The van der Waals surface area contributed by atoms with Crippen LogP contribution in [-0.4, -0.2) is 20.7 Å². The number of nitrogen functional groups attached to an aromatic ring is 1. The SMILES string of the molecule is CCn1c(=O)c(C(=O)CSc2ccc(F)cc2F)c(N)n(Cc2ccccc2)c1=O. The van der Waals surface area contributed by atoms with Gasteiger partial charge in [0.2, 0.25) is 0 Å². The molecule has 0 saturated carbocycles. The average molecular weight is 431 g/mol. The number of anilines is 1. The van der Waals surface area contributed by atoms with Crippen LogP contribution in [0, 0.1) is 11.6 Å². The lowest BCUT2D eigenvalue weighted by atomic mass is 10.2. The monoisotopic (exact) mass is 431 g/mol. The zero-order valence-electron chi connectivity index (χ0n) is 16.1. The van der Waals surface area contributed by atoms with Gasteiger partial charge in [-0.15, -0.1) is 11.8 Å². The Balaban J connectivity index is 1.98. The smallest absolute Gasteiger partial charge is 0.332 e. The maximum Gasteiger partial charge on any atom is 0.332 e. The minimum atomic E-state index is -0.805. The highest BCUT2D eigenvalue weighted by Crippen LogP contribution is 2.23. The van der Waals surface area contributed by atoms with Gasteiger partial charge in [0.25, 0.3) is 5.56 Å². The molecule has 3 aromatic rings. The summed E-state index contributed by atoms with van der Waals surface area (Å²) in [7, 11) is 0. The van der Waals surface area contributed by atoms with E-state index >= 15 is 0 Å². The topological polar surface area (TPSA) is 87.1 Å². The van der Waals surface area contributed by atoms with Gasteiger partial charge in [-0.25, -0.2) is 13.6 Å². The minimum absolute atomic E-state index is 0.0623. The number of thioether (sulfide) groups is 1. The Bertz CT molecular complexity index is 1210. The Morgan fingerprint density at radius 3 is 2.40 bits per heavy atom. The van der Waals surface area contributed by atoms with E-state index in [1.807, 2.05) is 6.07 Å². The van der Waals surface area contributed by atoms with E-state index in [0.717, 1.165) is 28.0 Å². The van der Waals surface area contributed by atoms with E-state index in [1.165, 1.54) is 10.6 Å². The zero-order chi connectivity index (χ0) is 21.8. The van der Waals surface area contributed by atoms with Gasteiger partial charge in [-0.05, 0) is 24.6 Å². The van der Waals surface area contributed by atoms with Gasteiger partial charge in [-0.3, -0.25) is 18.7 Å². The third kappa shape index (κ3) is 4.35. The van der Waals surface area contributed by atoms with E-state index in [-0.39, 0.29) is 35.1 Å². The van der Waals surface area contributed by atoms with Crippen LogP contribution in [0.5, 0.6) is 0 Å². The first kappa shape index (κ1) is 21.5. The van der Waals surface area contributed by atoms with Gasteiger partial charge < -0.3 is 5.73 Å². The Hall–Kier alpha value is -3.20. The number of carbonyl (C=O) groups excluding carboxylic acids is 1. The molecule has 2 aromatic carbocycles. The molecule has 0 spiro atoms. The van der Waals surface area contributed by atoms with Crippen molar-refractivity contribution in [3.05, 3.63) is 92.1 Å². The molecule has 6 nitrogen and oxygen atoms in total. The number of hydrogen-bond donors (Lipinski definition) is 1. The second-order valence-electron chi connectivity index (χ2n) is 6.45. The van der Waals surface area contributed by atoms with Crippen molar-refractivity contribution in [2.24, 2.45) is 0 Å². The van der Waals surface area contributed by atoms with Crippen LogP contribution >= 0.6 is 11.8 Å². The summed E-state index contributed by atoms with van der Waals surface area (Å²) < 4.78 is 29.0. The van der Waals surface area contributed by atoms with Gasteiger partial charge in [-0.1, -0.05) is 30.3 Å². The molecule has 0 fully saturated rings. The van der Waals surface area contributed by atoms with Crippen molar-refractivity contribution < 1.29 is 13.6 Å². The Labute approximate surface area is 175 Å². The number of ketones is 1. The van der Waals surface area contributed by atoms with Gasteiger partial charge in [0, 0.05) is 17.5 Å². The number of halogens is 2. The van der Waals surface area contributed by atoms with E-state index in [9.17, 15) is 23.2 Å². The minimum Gasteiger partial charge on any atom is -0.384 e. The Morgan fingerprint density at radius 1 is 1.07 bits per heavy atom. The highest BCUT2D eigenvalue weighted by atomic mass is 32.2. The standard InChI is InChI=1S/C21H19F2N3O3S/c1-2-25-20(28)18(16(27)12-30-17-9-8-14(22)10-15(17)23)19(24)26(21(25)29)11-13-6-4-3-5-7-13/h3-10H,2,11-12,24H2,1H3. The molecule has 2 N–H and O–H groups in total. The van der Waals surface area contributed by atoms with E-state index in [4.69, 9.17) is 5.73 Å². The molecule has 0 radical (unpaired) electrons. The molecule has 1 heterocycles. The summed E-state index contributed by atoms with van der Waals surface area (Å²) in [6.07, 6.45) is 0. The Morgan fingerprint density at radius 2 is 1.77 bits per heavy atom. The lowest BCUT2D eigenvalue weighted by Crippen LogP contribution is -2.44. The van der Waals surface area contributed by atoms with Crippen LogP contribution in [-0.2, 0) is 13.1 Å². The van der Waals surface area contributed by atoms with Crippen molar-refractivity contribution >= 4 is 23.4 Å². The highest BCUT2D eigenvalue weighted by Gasteiger charge is 2.23. The van der Waals surface area contributed by atoms with Crippen molar-refractivity contribution in [3.63, 3.8) is 0 Å². The second kappa shape index (κ2) is 9.08. The quantitative estimate of drug-likeness (QED) is 0.459. The fourth-order valence-corrected chi connectivity index (χ4v) is 3.77. The molecule has 0 unspecified atom stereocenters. The Kier molecular flexibility index (Phi) is 6.51. The van der Waals surface area contributed by atoms with Gasteiger partial charge in [0.05, 0.1) is 12.3 Å². The predicted octanol–water partition coefficient (Wildman–Crippen LogP) is 2.91. The maximum atomic E-state index is 13.8. The van der Waals surface area contributed by atoms with Gasteiger partial charge >= 0.3 is 5.69 Å². The molecule has 30 heavy (non-hydrogen) atoms. The number of aromatic nitrogens is 2. The molecule has 156 valence electrons. The molecule has 0 bridgehead atoms. The molecule has 9 heteroatoms. The summed E-state index contributed by atoms with van der Waals surface area (Å²) in [6, 6.07) is 12.0. The van der Waals surface area contributed by atoms with Crippen LogP contribution in [0.25, 0.3) is 0 Å². The van der Waals surface area contributed by atoms with Crippen LogP contribution in [0.1, 0.15) is 22.8 Å². The third-order valence-electron chi connectivity index (χ3n) is 4.50. The first-order valence-corrected chi connectivity index (χ1v) is 10.1. The van der Waals surface area contributed by atoms with E-state index in [2.05, 4.69) is 0 Å². The number of Topliss-reactive ketones (excluding diaryl/α,β-unsaturated/α-hetero) is 1. The van der Waals surface area contributed by atoms with E-state index in [1.54, 1.807) is 31.2 Å². The van der Waals surface area contributed by atoms with E-state index < -0.39 is 28.7 Å². The molecule has 0 amide bonds.